The Morgan fingerprint density at radius 2 is 2.30 bits per heavy atom. The van der Waals surface area contributed by atoms with Gasteiger partial charge in [-0.3, -0.25) is 0 Å². The van der Waals surface area contributed by atoms with Crippen molar-refractivity contribution < 1.29 is 14.3 Å². The van der Waals surface area contributed by atoms with Gasteiger partial charge in [0.15, 0.2) is 0 Å². The third-order valence-corrected chi connectivity index (χ3v) is 3.71. The van der Waals surface area contributed by atoms with Gasteiger partial charge in [-0.2, -0.15) is 0 Å². The Balaban J connectivity index is 2.39. The van der Waals surface area contributed by atoms with Gasteiger partial charge in [-0.15, -0.1) is 0 Å². The smallest absolute Gasteiger partial charge is 0.339 e. The maximum Gasteiger partial charge on any atom is 0.339 e. The molecule has 110 valence electrons. The van der Waals surface area contributed by atoms with Crippen LogP contribution in [0.25, 0.3) is 0 Å². The van der Waals surface area contributed by atoms with Crippen molar-refractivity contribution in [3.8, 4) is 0 Å². The van der Waals surface area contributed by atoms with Crippen LogP contribution in [0, 0.1) is 5.82 Å². The van der Waals surface area contributed by atoms with Gasteiger partial charge in [0.25, 0.3) is 0 Å². The molecule has 1 atom stereocenters. The van der Waals surface area contributed by atoms with Crippen LogP contribution in [-0.2, 0) is 0 Å². The lowest BCUT2D eigenvalue weighted by molar-refractivity contribution is 0.0696. The minimum atomic E-state index is -1.14. The average Bonchev–Trinajstić information content (AvgIpc) is 2.60. The van der Waals surface area contributed by atoms with E-state index in [1.807, 2.05) is 4.90 Å². The summed E-state index contributed by atoms with van der Waals surface area (Å²) in [5, 5.41) is 9.26. The zero-order chi connectivity index (χ0) is 14.7. The molecular formula is C14H20FN3O2. The molecule has 1 aliphatic heterocycles. The number of nitrogens with zero attached hydrogens (tertiary/aromatic N) is 3. The van der Waals surface area contributed by atoms with Crippen LogP contribution in [0.3, 0.4) is 0 Å². The Hall–Kier alpha value is -1.69. The molecular weight excluding hydrogens is 261 g/mol. The Labute approximate surface area is 118 Å². The number of anilines is 1. The van der Waals surface area contributed by atoms with Crippen LogP contribution in [0.4, 0.5) is 10.2 Å². The predicted octanol–water partition coefficient (Wildman–Crippen LogP) is 1.84. The topological polar surface area (TPSA) is 56.7 Å². The van der Waals surface area contributed by atoms with Crippen LogP contribution in [-0.4, -0.2) is 53.7 Å². The van der Waals surface area contributed by atoms with Crippen molar-refractivity contribution in [1.82, 2.24) is 9.88 Å². The summed E-state index contributed by atoms with van der Waals surface area (Å²) in [5.74, 6) is -1.38. The van der Waals surface area contributed by atoms with E-state index >= 15 is 0 Å². The fraction of sp³-hybridized carbons (Fsp3) is 0.571. The highest BCUT2D eigenvalue weighted by Gasteiger charge is 2.27. The van der Waals surface area contributed by atoms with Crippen LogP contribution in [0.1, 0.15) is 30.1 Å². The molecule has 1 unspecified atom stereocenters. The molecule has 2 heterocycles. The highest BCUT2D eigenvalue weighted by Crippen LogP contribution is 2.24. The first-order valence-corrected chi connectivity index (χ1v) is 6.87. The minimum Gasteiger partial charge on any atom is -0.478 e. The maximum atomic E-state index is 13.2. The van der Waals surface area contributed by atoms with Crippen molar-refractivity contribution in [1.29, 1.82) is 0 Å². The molecule has 1 saturated heterocycles. The van der Waals surface area contributed by atoms with Crippen LogP contribution in [0.15, 0.2) is 12.3 Å². The van der Waals surface area contributed by atoms with E-state index in [-0.39, 0.29) is 11.6 Å². The van der Waals surface area contributed by atoms with E-state index in [1.54, 1.807) is 0 Å². The molecule has 1 aromatic heterocycles. The number of pyridine rings is 1. The van der Waals surface area contributed by atoms with Gasteiger partial charge < -0.3 is 14.9 Å². The zero-order valence-corrected chi connectivity index (χ0v) is 11.8. The molecule has 1 aliphatic rings. The van der Waals surface area contributed by atoms with Gasteiger partial charge in [-0.25, -0.2) is 14.2 Å². The van der Waals surface area contributed by atoms with Gasteiger partial charge in [0.2, 0.25) is 0 Å². The second kappa shape index (κ2) is 6.17. The third-order valence-electron chi connectivity index (χ3n) is 3.71. The van der Waals surface area contributed by atoms with Crippen molar-refractivity contribution >= 4 is 11.8 Å². The first kappa shape index (κ1) is 14.7. The highest BCUT2D eigenvalue weighted by atomic mass is 19.1. The molecule has 5 nitrogen and oxygen atoms in total. The fourth-order valence-corrected chi connectivity index (χ4v) is 2.69. The molecule has 0 saturated carbocycles. The summed E-state index contributed by atoms with van der Waals surface area (Å²) >= 11 is 0. The maximum absolute atomic E-state index is 13.2. The lowest BCUT2D eigenvalue weighted by atomic mass is 10.1. The molecule has 2 rings (SSSR count). The molecule has 0 amide bonds. The summed E-state index contributed by atoms with van der Waals surface area (Å²) in [4.78, 5) is 19.6. The Morgan fingerprint density at radius 1 is 1.55 bits per heavy atom. The van der Waals surface area contributed by atoms with Crippen molar-refractivity contribution in [2.45, 2.75) is 25.8 Å². The van der Waals surface area contributed by atoms with E-state index in [2.05, 4.69) is 23.9 Å². The van der Waals surface area contributed by atoms with Crippen molar-refractivity contribution in [2.24, 2.45) is 0 Å². The standard InChI is InChI=1S/C14H20FN3O2/c1-3-11-9-17(2)5-4-6-18(11)13-12(14(19)20)7-10(15)8-16-13/h7-8,11H,3-6,9H2,1-2H3,(H,19,20). The number of rotatable bonds is 3. The quantitative estimate of drug-likeness (QED) is 0.916. The Kier molecular flexibility index (Phi) is 4.54. The summed E-state index contributed by atoms with van der Waals surface area (Å²) < 4.78 is 13.2. The lowest BCUT2D eigenvalue weighted by Gasteiger charge is -2.32. The van der Waals surface area contributed by atoms with Crippen LogP contribution < -0.4 is 4.90 Å². The molecule has 0 bridgehead atoms. The number of aromatic nitrogens is 1. The summed E-state index contributed by atoms with van der Waals surface area (Å²) in [6, 6.07) is 1.24. The molecule has 0 aromatic carbocycles. The van der Waals surface area contributed by atoms with Gasteiger partial charge in [0.05, 0.1) is 6.20 Å². The second-order valence-electron chi connectivity index (χ2n) is 5.20. The first-order chi connectivity index (χ1) is 9.52. The van der Waals surface area contributed by atoms with E-state index in [0.717, 1.165) is 44.7 Å². The molecule has 0 spiro atoms. The van der Waals surface area contributed by atoms with E-state index in [1.165, 1.54) is 0 Å². The average molecular weight is 281 g/mol. The molecule has 1 N–H and O–H groups in total. The number of carboxylic acids is 1. The summed E-state index contributed by atoms with van der Waals surface area (Å²) in [6.45, 7) is 4.63. The second-order valence-corrected chi connectivity index (χ2v) is 5.20. The summed E-state index contributed by atoms with van der Waals surface area (Å²) in [7, 11) is 2.06. The van der Waals surface area contributed by atoms with Crippen LogP contribution in [0.2, 0.25) is 0 Å². The summed E-state index contributed by atoms with van der Waals surface area (Å²) in [5.41, 5.74) is -0.0620. The number of halogens is 1. The Bertz CT molecular complexity index is 495. The first-order valence-electron chi connectivity index (χ1n) is 6.87. The van der Waals surface area contributed by atoms with Crippen molar-refractivity contribution in [2.75, 3.05) is 31.6 Å². The molecule has 1 aromatic rings. The number of carbonyl (C=O) groups is 1. The van der Waals surface area contributed by atoms with E-state index in [9.17, 15) is 14.3 Å². The van der Waals surface area contributed by atoms with E-state index in [0.29, 0.717) is 5.82 Å². The highest BCUT2D eigenvalue weighted by molar-refractivity contribution is 5.93. The van der Waals surface area contributed by atoms with E-state index in [4.69, 9.17) is 0 Å². The Morgan fingerprint density at radius 3 is 2.95 bits per heavy atom. The fourth-order valence-electron chi connectivity index (χ4n) is 2.69. The van der Waals surface area contributed by atoms with Crippen LogP contribution in [0.5, 0.6) is 0 Å². The normalized spacial score (nSPS) is 20.8. The minimum absolute atomic E-state index is 0.0620. The largest absolute Gasteiger partial charge is 0.478 e. The monoisotopic (exact) mass is 281 g/mol. The van der Waals surface area contributed by atoms with Gasteiger partial charge in [0, 0.05) is 19.1 Å². The summed E-state index contributed by atoms with van der Waals surface area (Å²) in [6.07, 6.45) is 2.91. The van der Waals surface area contributed by atoms with Gasteiger partial charge in [-0.1, -0.05) is 6.92 Å². The zero-order valence-electron chi connectivity index (χ0n) is 11.8. The van der Waals surface area contributed by atoms with E-state index < -0.39 is 11.8 Å². The molecule has 0 aliphatic carbocycles. The SMILES string of the molecule is CCC1CN(C)CCCN1c1ncc(F)cc1C(=O)O. The van der Waals surface area contributed by atoms with Gasteiger partial charge >= 0.3 is 5.97 Å². The van der Waals surface area contributed by atoms with Crippen molar-refractivity contribution in [3.05, 3.63) is 23.6 Å². The molecule has 1 fully saturated rings. The third kappa shape index (κ3) is 3.07. The number of hydrogen-bond acceptors (Lipinski definition) is 4. The van der Waals surface area contributed by atoms with Crippen LogP contribution >= 0.6 is 0 Å². The number of carboxylic acid groups (broad SMARTS) is 1. The number of likely N-dealkylation sites (N-methyl/N-ethyl adjacent to an activating group) is 1. The predicted molar refractivity (Wildman–Crippen MR) is 74.7 cm³/mol. The van der Waals surface area contributed by atoms with Gasteiger partial charge in [0.1, 0.15) is 17.2 Å². The van der Waals surface area contributed by atoms with Gasteiger partial charge in [-0.05, 0) is 32.5 Å². The molecule has 6 heteroatoms. The lowest BCUT2D eigenvalue weighted by Crippen LogP contribution is -2.41. The van der Waals surface area contributed by atoms with Crippen molar-refractivity contribution in [3.63, 3.8) is 0 Å². The molecule has 0 radical (unpaired) electrons. The number of aromatic carboxylic acids is 1. The molecule has 20 heavy (non-hydrogen) atoms. The number of hydrogen-bond donors (Lipinski definition) is 1.